The lowest BCUT2D eigenvalue weighted by Gasteiger charge is -2.26. The number of hydrogen-bond donors (Lipinski definition) is 1. The van der Waals surface area contributed by atoms with Gasteiger partial charge in [-0.05, 0) is 42.9 Å². The van der Waals surface area contributed by atoms with Crippen LogP contribution in [0.25, 0.3) is 5.65 Å². The molecule has 4 nitrogen and oxygen atoms in total. The molecule has 0 saturated heterocycles. The van der Waals surface area contributed by atoms with Crippen LogP contribution in [0, 0.1) is 18.8 Å². The summed E-state index contributed by atoms with van der Waals surface area (Å²) < 4.78 is 1.88. The van der Waals surface area contributed by atoms with Crippen molar-refractivity contribution in [3.63, 3.8) is 0 Å². The predicted octanol–water partition coefficient (Wildman–Crippen LogP) is 3.67. The summed E-state index contributed by atoms with van der Waals surface area (Å²) in [5.74, 6) is 2.89. The molecule has 2 aromatic rings. The first-order valence-corrected chi connectivity index (χ1v) is 7.76. The number of hydrogen-bond acceptors (Lipinski definition) is 3. The van der Waals surface area contributed by atoms with Crippen LogP contribution in [0.15, 0.2) is 18.5 Å². The number of aromatic nitrogens is 3. The van der Waals surface area contributed by atoms with Crippen LogP contribution in [0.2, 0.25) is 0 Å². The van der Waals surface area contributed by atoms with Crippen molar-refractivity contribution in [1.82, 2.24) is 14.6 Å². The molecule has 0 atom stereocenters. The number of pyridine rings is 1. The van der Waals surface area contributed by atoms with Crippen LogP contribution in [0.4, 0.5) is 5.82 Å². The number of nitrogens with zero attached hydrogens (tertiary/aromatic N) is 3. The van der Waals surface area contributed by atoms with E-state index in [1.54, 1.807) is 6.33 Å². The average molecular weight is 272 g/mol. The number of nitrogens with one attached hydrogen (secondary N) is 1. The molecule has 0 radical (unpaired) electrons. The third-order valence-electron chi connectivity index (χ3n) is 4.52. The Hall–Kier alpha value is -1.58. The Morgan fingerprint density at radius 2 is 2.05 bits per heavy atom. The number of anilines is 1. The van der Waals surface area contributed by atoms with E-state index in [4.69, 9.17) is 0 Å². The fourth-order valence-electron chi connectivity index (χ4n) is 3.20. The summed E-state index contributed by atoms with van der Waals surface area (Å²) in [5, 5.41) is 7.81. The van der Waals surface area contributed by atoms with E-state index in [9.17, 15) is 0 Å². The lowest BCUT2D eigenvalue weighted by atomic mass is 9.81. The van der Waals surface area contributed by atoms with Gasteiger partial charge in [-0.2, -0.15) is 9.61 Å². The largest absolute Gasteiger partial charge is 0.370 e. The highest BCUT2D eigenvalue weighted by molar-refractivity contribution is 5.51. The first-order valence-electron chi connectivity index (χ1n) is 7.76. The topological polar surface area (TPSA) is 42.2 Å². The van der Waals surface area contributed by atoms with Crippen LogP contribution in [0.1, 0.15) is 44.6 Å². The molecule has 0 unspecified atom stereocenters. The van der Waals surface area contributed by atoms with Gasteiger partial charge in [-0.3, -0.25) is 0 Å². The van der Waals surface area contributed by atoms with Crippen LogP contribution in [0.3, 0.4) is 0 Å². The van der Waals surface area contributed by atoms with Crippen LogP contribution in [-0.2, 0) is 0 Å². The first-order chi connectivity index (χ1) is 9.72. The lowest BCUT2D eigenvalue weighted by molar-refractivity contribution is 0.282. The van der Waals surface area contributed by atoms with Crippen molar-refractivity contribution in [3.8, 4) is 0 Å². The summed E-state index contributed by atoms with van der Waals surface area (Å²) in [6, 6.07) is 4.20. The number of aryl methyl sites for hydroxylation is 1. The van der Waals surface area contributed by atoms with E-state index in [0.29, 0.717) is 0 Å². The molecular weight excluding hydrogens is 248 g/mol. The SMILES string of the molecule is Cc1cc(NCCC2CCC(C)CC2)n2ncnc2c1. The number of fused-ring (bicyclic) bond motifs is 1. The van der Waals surface area contributed by atoms with Crippen molar-refractivity contribution < 1.29 is 0 Å². The van der Waals surface area contributed by atoms with Gasteiger partial charge in [-0.15, -0.1) is 0 Å². The summed E-state index contributed by atoms with van der Waals surface area (Å²) in [6.07, 6.45) is 8.48. The molecule has 0 aromatic carbocycles. The second kappa shape index (κ2) is 5.81. The maximum absolute atomic E-state index is 4.28. The van der Waals surface area contributed by atoms with Crippen LogP contribution < -0.4 is 5.32 Å². The van der Waals surface area contributed by atoms with Crippen molar-refractivity contribution in [2.75, 3.05) is 11.9 Å². The smallest absolute Gasteiger partial charge is 0.157 e. The van der Waals surface area contributed by atoms with Gasteiger partial charge in [0.1, 0.15) is 12.1 Å². The van der Waals surface area contributed by atoms with E-state index in [1.807, 2.05) is 4.52 Å². The van der Waals surface area contributed by atoms with E-state index in [0.717, 1.165) is 29.8 Å². The minimum atomic E-state index is 0.898. The molecule has 1 fully saturated rings. The molecule has 0 bridgehead atoms. The van der Waals surface area contributed by atoms with Gasteiger partial charge in [0.2, 0.25) is 0 Å². The zero-order valence-corrected chi connectivity index (χ0v) is 12.5. The highest BCUT2D eigenvalue weighted by Crippen LogP contribution is 2.30. The Balaban J connectivity index is 1.58. The summed E-state index contributed by atoms with van der Waals surface area (Å²) in [4.78, 5) is 4.26. The summed E-state index contributed by atoms with van der Waals surface area (Å²) in [7, 11) is 0. The van der Waals surface area contributed by atoms with Gasteiger partial charge in [0.05, 0.1) is 0 Å². The molecule has 4 heteroatoms. The molecular formula is C16H24N4. The zero-order valence-electron chi connectivity index (χ0n) is 12.5. The monoisotopic (exact) mass is 272 g/mol. The second-order valence-electron chi connectivity index (χ2n) is 6.29. The summed E-state index contributed by atoms with van der Waals surface area (Å²) in [6.45, 7) is 5.50. The normalized spacial score (nSPS) is 23.1. The fraction of sp³-hybridized carbons (Fsp3) is 0.625. The zero-order chi connectivity index (χ0) is 13.9. The molecule has 20 heavy (non-hydrogen) atoms. The van der Waals surface area contributed by atoms with Crippen LogP contribution >= 0.6 is 0 Å². The molecule has 108 valence electrons. The van der Waals surface area contributed by atoms with E-state index < -0.39 is 0 Å². The predicted molar refractivity (Wildman–Crippen MR) is 82.0 cm³/mol. The van der Waals surface area contributed by atoms with Crippen LogP contribution in [-0.4, -0.2) is 21.1 Å². The van der Waals surface area contributed by atoms with E-state index in [2.05, 4.69) is 41.4 Å². The van der Waals surface area contributed by atoms with Crippen molar-refractivity contribution >= 4 is 11.5 Å². The minimum Gasteiger partial charge on any atom is -0.370 e. The fourth-order valence-corrected chi connectivity index (χ4v) is 3.20. The van der Waals surface area contributed by atoms with Crippen molar-refractivity contribution in [2.24, 2.45) is 11.8 Å². The Morgan fingerprint density at radius 3 is 2.85 bits per heavy atom. The second-order valence-corrected chi connectivity index (χ2v) is 6.29. The third-order valence-corrected chi connectivity index (χ3v) is 4.52. The first kappa shape index (κ1) is 13.4. The van der Waals surface area contributed by atoms with Gasteiger partial charge in [0, 0.05) is 6.54 Å². The Labute approximate surface area is 120 Å². The highest BCUT2D eigenvalue weighted by Gasteiger charge is 2.17. The molecule has 2 aromatic heterocycles. The molecule has 3 rings (SSSR count). The maximum atomic E-state index is 4.28. The average Bonchev–Trinajstić information content (AvgIpc) is 2.89. The summed E-state index contributed by atoms with van der Waals surface area (Å²) >= 11 is 0. The molecule has 1 N–H and O–H groups in total. The van der Waals surface area contributed by atoms with Gasteiger partial charge in [0.25, 0.3) is 0 Å². The van der Waals surface area contributed by atoms with Crippen molar-refractivity contribution in [2.45, 2.75) is 46.0 Å². The van der Waals surface area contributed by atoms with Gasteiger partial charge < -0.3 is 5.32 Å². The molecule has 2 heterocycles. The quantitative estimate of drug-likeness (QED) is 0.923. The highest BCUT2D eigenvalue weighted by atomic mass is 15.3. The lowest BCUT2D eigenvalue weighted by Crippen LogP contribution is -2.16. The Kier molecular flexibility index (Phi) is 3.90. The summed E-state index contributed by atoms with van der Waals surface area (Å²) in [5.41, 5.74) is 2.14. The minimum absolute atomic E-state index is 0.898. The third kappa shape index (κ3) is 2.94. The van der Waals surface area contributed by atoms with Gasteiger partial charge in [-0.25, -0.2) is 4.98 Å². The Bertz CT molecular complexity index is 567. The standard InChI is InChI=1S/C16H24N4/c1-12-3-5-14(6-4-12)7-8-17-15-9-13(2)10-16-18-11-19-20(15)16/h9-12,14,17H,3-8H2,1-2H3. The van der Waals surface area contributed by atoms with E-state index in [-0.39, 0.29) is 0 Å². The van der Waals surface area contributed by atoms with Gasteiger partial charge in [0.15, 0.2) is 5.65 Å². The van der Waals surface area contributed by atoms with Gasteiger partial charge in [-0.1, -0.05) is 32.6 Å². The Morgan fingerprint density at radius 1 is 1.25 bits per heavy atom. The number of rotatable bonds is 4. The molecule has 1 aliphatic carbocycles. The van der Waals surface area contributed by atoms with E-state index >= 15 is 0 Å². The van der Waals surface area contributed by atoms with E-state index in [1.165, 1.54) is 37.7 Å². The van der Waals surface area contributed by atoms with Crippen LogP contribution in [0.5, 0.6) is 0 Å². The van der Waals surface area contributed by atoms with Crippen molar-refractivity contribution in [3.05, 3.63) is 24.0 Å². The molecule has 1 saturated carbocycles. The maximum Gasteiger partial charge on any atom is 0.157 e. The molecule has 0 amide bonds. The molecule has 0 spiro atoms. The molecule has 0 aliphatic heterocycles. The molecule has 1 aliphatic rings. The van der Waals surface area contributed by atoms with Gasteiger partial charge >= 0.3 is 0 Å². The van der Waals surface area contributed by atoms with Crippen molar-refractivity contribution in [1.29, 1.82) is 0 Å².